The van der Waals surface area contributed by atoms with E-state index in [4.69, 9.17) is 28.9 Å². The molecule has 0 amide bonds. The van der Waals surface area contributed by atoms with Crippen molar-refractivity contribution in [3.05, 3.63) is 57.1 Å². The summed E-state index contributed by atoms with van der Waals surface area (Å²) >= 11 is 12.5. The molecule has 0 heterocycles. The Labute approximate surface area is 117 Å². The fourth-order valence-corrected chi connectivity index (χ4v) is 3.28. The van der Waals surface area contributed by atoms with Crippen LogP contribution in [0.25, 0.3) is 11.1 Å². The lowest BCUT2D eigenvalue weighted by atomic mass is 9.96. The number of hydrogen-bond donors (Lipinski definition) is 1. The van der Waals surface area contributed by atoms with Crippen LogP contribution < -0.4 is 5.73 Å². The van der Waals surface area contributed by atoms with Crippen LogP contribution in [-0.4, -0.2) is 6.54 Å². The third-order valence-corrected chi connectivity index (χ3v) is 4.47. The van der Waals surface area contributed by atoms with Crippen molar-refractivity contribution in [3.8, 4) is 11.1 Å². The van der Waals surface area contributed by atoms with Crippen molar-refractivity contribution < 1.29 is 0 Å². The lowest BCUT2D eigenvalue weighted by Crippen LogP contribution is -2.11. The predicted octanol–water partition coefficient (Wildman–Crippen LogP) is 4.37. The Morgan fingerprint density at radius 2 is 1.78 bits per heavy atom. The third-order valence-electron chi connectivity index (χ3n) is 3.67. The van der Waals surface area contributed by atoms with Gasteiger partial charge in [-0.2, -0.15) is 0 Å². The van der Waals surface area contributed by atoms with Crippen molar-refractivity contribution in [2.45, 2.75) is 12.8 Å². The largest absolute Gasteiger partial charge is 0.330 e. The molecule has 92 valence electrons. The van der Waals surface area contributed by atoms with E-state index in [9.17, 15) is 0 Å². The molecule has 1 aliphatic carbocycles. The van der Waals surface area contributed by atoms with Crippen LogP contribution in [0.1, 0.15) is 22.6 Å². The van der Waals surface area contributed by atoms with Gasteiger partial charge in [0.25, 0.3) is 0 Å². The van der Waals surface area contributed by atoms with Crippen LogP contribution in [-0.2, 0) is 0 Å². The topological polar surface area (TPSA) is 26.0 Å². The Morgan fingerprint density at radius 3 is 2.50 bits per heavy atom. The summed E-state index contributed by atoms with van der Waals surface area (Å²) in [5.74, 6) is 0.227. The molecule has 0 aliphatic heterocycles. The van der Waals surface area contributed by atoms with Gasteiger partial charge in [0.2, 0.25) is 0 Å². The monoisotopic (exact) mass is 277 g/mol. The lowest BCUT2D eigenvalue weighted by Gasteiger charge is -2.10. The number of hydrogen-bond acceptors (Lipinski definition) is 1. The zero-order valence-electron chi connectivity index (χ0n) is 10.0. The molecule has 0 fully saturated rings. The highest BCUT2D eigenvalue weighted by Gasteiger charge is 2.31. The molecule has 1 unspecified atom stereocenters. The van der Waals surface area contributed by atoms with Crippen molar-refractivity contribution in [2.24, 2.45) is 5.73 Å². The molecule has 0 radical (unpaired) electrons. The van der Waals surface area contributed by atoms with E-state index in [1.165, 1.54) is 22.3 Å². The van der Waals surface area contributed by atoms with Crippen LogP contribution in [0.5, 0.6) is 0 Å². The van der Waals surface area contributed by atoms with E-state index in [-0.39, 0.29) is 5.92 Å². The molecule has 0 saturated heterocycles. The Hall–Kier alpha value is -1.02. The van der Waals surface area contributed by atoms with E-state index in [0.29, 0.717) is 16.6 Å². The first-order valence-corrected chi connectivity index (χ1v) is 6.68. The predicted molar refractivity (Wildman–Crippen MR) is 77.5 cm³/mol. The molecule has 0 spiro atoms. The highest BCUT2D eigenvalue weighted by Crippen LogP contribution is 2.50. The van der Waals surface area contributed by atoms with Gasteiger partial charge in [-0.05, 0) is 35.2 Å². The molecule has 0 bridgehead atoms. The summed E-state index contributed by atoms with van der Waals surface area (Å²) < 4.78 is 0. The van der Waals surface area contributed by atoms with Crippen molar-refractivity contribution in [2.75, 3.05) is 6.54 Å². The molecular formula is C15H13Cl2N. The maximum absolute atomic E-state index is 6.39. The first-order chi connectivity index (χ1) is 8.65. The van der Waals surface area contributed by atoms with Gasteiger partial charge in [-0.15, -0.1) is 0 Å². The average Bonchev–Trinajstić information content (AvgIpc) is 2.69. The lowest BCUT2D eigenvalue weighted by molar-refractivity contribution is 0.840. The van der Waals surface area contributed by atoms with Crippen LogP contribution in [0.3, 0.4) is 0 Å². The molecule has 3 rings (SSSR count). The van der Waals surface area contributed by atoms with E-state index in [1.807, 2.05) is 12.1 Å². The zero-order chi connectivity index (χ0) is 12.9. The maximum Gasteiger partial charge on any atom is 0.0673 e. The normalized spacial score (nSPS) is 16.6. The van der Waals surface area contributed by atoms with Gasteiger partial charge in [0.15, 0.2) is 0 Å². The molecule has 2 N–H and O–H groups in total. The second kappa shape index (κ2) is 4.27. The van der Waals surface area contributed by atoms with E-state index in [1.54, 1.807) is 0 Å². The molecule has 0 saturated carbocycles. The number of rotatable bonds is 1. The minimum Gasteiger partial charge on any atom is -0.330 e. The van der Waals surface area contributed by atoms with E-state index >= 15 is 0 Å². The van der Waals surface area contributed by atoms with Crippen LogP contribution >= 0.6 is 23.2 Å². The smallest absolute Gasteiger partial charge is 0.0673 e. The molecule has 1 nitrogen and oxygen atoms in total. The third kappa shape index (κ3) is 1.51. The minimum absolute atomic E-state index is 0.227. The van der Waals surface area contributed by atoms with Crippen molar-refractivity contribution >= 4 is 23.2 Å². The van der Waals surface area contributed by atoms with Gasteiger partial charge < -0.3 is 5.73 Å². The van der Waals surface area contributed by atoms with Gasteiger partial charge in [-0.25, -0.2) is 0 Å². The van der Waals surface area contributed by atoms with E-state index in [2.05, 4.69) is 25.1 Å². The SMILES string of the molecule is Cc1cccc2c1-c1c(ccc(Cl)c1Cl)C2CN. The molecule has 1 aliphatic rings. The average molecular weight is 278 g/mol. The highest BCUT2D eigenvalue weighted by atomic mass is 35.5. The zero-order valence-corrected chi connectivity index (χ0v) is 11.5. The highest BCUT2D eigenvalue weighted by molar-refractivity contribution is 6.44. The molecular weight excluding hydrogens is 265 g/mol. The summed E-state index contributed by atoms with van der Waals surface area (Å²) in [5, 5.41) is 1.24. The summed E-state index contributed by atoms with van der Waals surface area (Å²) in [6.07, 6.45) is 0. The van der Waals surface area contributed by atoms with Crippen LogP contribution in [0.15, 0.2) is 30.3 Å². The first kappa shape index (κ1) is 12.0. The molecule has 18 heavy (non-hydrogen) atoms. The number of aryl methyl sites for hydroxylation is 1. The summed E-state index contributed by atoms with van der Waals surface area (Å²) in [7, 11) is 0. The number of nitrogens with two attached hydrogens (primary N) is 1. The fraction of sp³-hybridized carbons (Fsp3) is 0.200. The van der Waals surface area contributed by atoms with E-state index < -0.39 is 0 Å². The van der Waals surface area contributed by atoms with E-state index in [0.717, 1.165) is 5.56 Å². The van der Waals surface area contributed by atoms with Crippen molar-refractivity contribution in [3.63, 3.8) is 0 Å². The Balaban J connectivity index is 2.41. The summed E-state index contributed by atoms with van der Waals surface area (Å²) in [5.41, 5.74) is 11.9. The van der Waals surface area contributed by atoms with Gasteiger partial charge in [-0.1, -0.05) is 47.5 Å². The van der Waals surface area contributed by atoms with Gasteiger partial charge >= 0.3 is 0 Å². The number of halogens is 2. The minimum atomic E-state index is 0.227. The Kier molecular flexibility index (Phi) is 2.86. The number of fused-ring (bicyclic) bond motifs is 3. The second-order valence-electron chi connectivity index (χ2n) is 4.65. The molecule has 2 aromatic rings. The summed E-state index contributed by atoms with van der Waals surface area (Å²) in [6, 6.07) is 10.2. The summed E-state index contributed by atoms with van der Waals surface area (Å²) in [4.78, 5) is 0. The molecule has 3 heteroatoms. The molecule has 2 aromatic carbocycles. The van der Waals surface area contributed by atoms with Crippen LogP contribution in [0.2, 0.25) is 10.0 Å². The van der Waals surface area contributed by atoms with Crippen molar-refractivity contribution in [1.82, 2.24) is 0 Å². The van der Waals surface area contributed by atoms with Gasteiger partial charge in [0, 0.05) is 18.0 Å². The van der Waals surface area contributed by atoms with Crippen LogP contribution in [0, 0.1) is 6.92 Å². The maximum atomic E-state index is 6.39. The second-order valence-corrected chi connectivity index (χ2v) is 5.44. The first-order valence-electron chi connectivity index (χ1n) is 5.93. The standard InChI is InChI=1S/C15H13Cl2N/c1-8-3-2-4-9-11(7-18)10-5-6-12(16)15(17)14(10)13(8)9/h2-6,11H,7,18H2,1H3. The summed E-state index contributed by atoms with van der Waals surface area (Å²) in [6.45, 7) is 2.68. The Bertz CT molecular complexity index is 635. The van der Waals surface area contributed by atoms with Gasteiger partial charge in [0.05, 0.1) is 10.0 Å². The molecule has 1 atom stereocenters. The van der Waals surface area contributed by atoms with Crippen LogP contribution in [0.4, 0.5) is 0 Å². The van der Waals surface area contributed by atoms with Gasteiger partial charge in [0.1, 0.15) is 0 Å². The van der Waals surface area contributed by atoms with Crippen molar-refractivity contribution in [1.29, 1.82) is 0 Å². The Morgan fingerprint density at radius 1 is 1.06 bits per heavy atom. The fourth-order valence-electron chi connectivity index (χ4n) is 2.85. The molecule has 0 aromatic heterocycles. The quantitative estimate of drug-likeness (QED) is 0.823. The number of benzene rings is 2. The van der Waals surface area contributed by atoms with Gasteiger partial charge in [-0.3, -0.25) is 0 Å².